The van der Waals surface area contributed by atoms with Crippen molar-refractivity contribution < 1.29 is 14.1 Å². The Balaban J connectivity index is 2.02. The SMILES string of the molecule is COC(=O)c1cc(C2CC2)nc2onc(-c3c(C)nn(C)c3C)c12. The number of rotatable bonds is 3. The molecule has 0 spiro atoms. The van der Waals surface area contributed by atoms with Crippen LogP contribution in [0.15, 0.2) is 10.6 Å². The molecule has 7 nitrogen and oxygen atoms in total. The van der Waals surface area contributed by atoms with Crippen molar-refractivity contribution in [2.75, 3.05) is 7.11 Å². The van der Waals surface area contributed by atoms with Crippen molar-refractivity contribution in [1.82, 2.24) is 19.9 Å². The Morgan fingerprint density at radius 3 is 2.71 bits per heavy atom. The summed E-state index contributed by atoms with van der Waals surface area (Å²) >= 11 is 0. The van der Waals surface area contributed by atoms with Crippen molar-refractivity contribution in [3.63, 3.8) is 0 Å². The summed E-state index contributed by atoms with van der Waals surface area (Å²) in [7, 11) is 3.25. The van der Waals surface area contributed by atoms with Crippen molar-refractivity contribution in [3.8, 4) is 11.3 Å². The fourth-order valence-electron chi connectivity index (χ4n) is 3.12. The second-order valence-corrected chi connectivity index (χ2v) is 6.24. The van der Waals surface area contributed by atoms with Crippen molar-refractivity contribution in [3.05, 3.63) is 28.7 Å². The van der Waals surface area contributed by atoms with E-state index in [0.29, 0.717) is 28.3 Å². The van der Waals surface area contributed by atoms with Crippen LogP contribution in [0, 0.1) is 13.8 Å². The van der Waals surface area contributed by atoms with Gasteiger partial charge >= 0.3 is 5.97 Å². The molecule has 7 heteroatoms. The van der Waals surface area contributed by atoms with E-state index in [0.717, 1.165) is 35.5 Å². The summed E-state index contributed by atoms with van der Waals surface area (Å²) in [4.78, 5) is 16.9. The summed E-state index contributed by atoms with van der Waals surface area (Å²) in [6, 6.07) is 1.81. The van der Waals surface area contributed by atoms with Crippen LogP contribution < -0.4 is 0 Å². The highest BCUT2D eigenvalue weighted by molar-refractivity contribution is 6.07. The van der Waals surface area contributed by atoms with E-state index in [1.54, 1.807) is 4.68 Å². The van der Waals surface area contributed by atoms with Crippen LogP contribution in [0.2, 0.25) is 0 Å². The average molecular weight is 326 g/mol. The van der Waals surface area contributed by atoms with Gasteiger partial charge in [-0.3, -0.25) is 4.68 Å². The third-order valence-electron chi connectivity index (χ3n) is 4.61. The van der Waals surface area contributed by atoms with E-state index >= 15 is 0 Å². The zero-order valence-corrected chi connectivity index (χ0v) is 14.1. The van der Waals surface area contributed by atoms with Crippen LogP contribution in [-0.4, -0.2) is 33.0 Å². The zero-order chi connectivity index (χ0) is 17.0. The van der Waals surface area contributed by atoms with Crippen molar-refractivity contribution in [2.24, 2.45) is 7.05 Å². The molecule has 1 aliphatic carbocycles. The Hall–Kier alpha value is -2.70. The first-order chi connectivity index (χ1) is 11.5. The molecular formula is C17H18N4O3. The maximum absolute atomic E-state index is 12.3. The number of carbonyl (C=O) groups is 1. The lowest BCUT2D eigenvalue weighted by Crippen LogP contribution is -2.04. The third-order valence-corrected chi connectivity index (χ3v) is 4.61. The number of aromatic nitrogens is 4. The van der Waals surface area contributed by atoms with Crippen molar-refractivity contribution in [2.45, 2.75) is 32.6 Å². The molecule has 24 heavy (non-hydrogen) atoms. The average Bonchev–Trinajstić information content (AvgIpc) is 3.29. The zero-order valence-electron chi connectivity index (χ0n) is 14.1. The Kier molecular flexibility index (Phi) is 3.19. The van der Waals surface area contributed by atoms with Crippen molar-refractivity contribution in [1.29, 1.82) is 0 Å². The topological polar surface area (TPSA) is 83.0 Å². The Morgan fingerprint density at radius 2 is 2.12 bits per heavy atom. The summed E-state index contributed by atoms with van der Waals surface area (Å²) in [5.74, 6) is -0.0128. The molecule has 1 fully saturated rings. The Labute approximate surface area is 138 Å². The quantitative estimate of drug-likeness (QED) is 0.688. The van der Waals surface area contributed by atoms with Gasteiger partial charge in [0.25, 0.3) is 5.71 Å². The highest BCUT2D eigenvalue weighted by atomic mass is 16.5. The van der Waals surface area contributed by atoms with Crippen LogP contribution in [0.1, 0.15) is 46.2 Å². The number of nitrogens with zero attached hydrogens (tertiary/aromatic N) is 4. The van der Waals surface area contributed by atoms with Crippen LogP contribution >= 0.6 is 0 Å². The second-order valence-electron chi connectivity index (χ2n) is 6.24. The van der Waals surface area contributed by atoms with Crippen LogP contribution in [0.3, 0.4) is 0 Å². The fraction of sp³-hybridized carbons (Fsp3) is 0.412. The molecule has 0 saturated heterocycles. The molecular weight excluding hydrogens is 308 g/mol. The molecule has 3 aromatic rings. The van der Waals surface area contributed by atoms with Gasteiger partial charge in [0, 0.05) is 29.9 Å². The molecule has 3 aromatic heterocycles. The molecule has 0 atom stereocenters. The number of hydrogen-bond acceptors (Lipinski definition) is 6. The van der Waals surface area contributed by atoms with Crippen molar-refractivity contribution >= 4 is 17.1 Å². The second kappa shape index (κ2) is 5.15. The largest absolute Gasteiger partial charge is 0.465 e. The lowest BCUT2D eigenvalue weighted by molar-refractivity contribution is 0.0602. The van der Waals surface area contributed by atoms with Crippen LogP contribution in [0.4, 0.5) is 0 Å². The first kappa shape index (κ1) is 14.9. The summed E-state index contributed by atoms with van der Waals surface area (Å²) < 4.78 is 12.2. The standard InChI is InChI=1S/C17H18N4O3/c1-8-13(9(2)21(3)19-8)15-14-11(17(22)23-4)7-12(10-5-6-10)18-16(14)24-20-15/h7,10H,5-6H2,1-4H3. The molecule has 0 amide bonds. The van der Waals surface area contributed by atoms with Gasteiger partial charge in [-0.05, 0) is 32.8 Å². The number of fused-ring (bicyclic) bond motifs is 1. The number of esters is 1. The maximum atomic E-state index is 12.3. The molecule has 0 aromatic carbocycles. The normalized spacial score (nSPS) is 14.3. The minimum atomic E-state index is -0.409. The van der Waals surface area contributed by atoms with E-state index in [4.69, 9.17) is 9.26 Å². The number of carbonyl (C=O) groups excluding carboxylic acids is 1. The smallest absolute Gasteiger partial charge is 0.338 e. The maximum Gasteiger partial charge on any atom is 0.338 e. The number of hydrogen-bond donors (Lipinski definition) is 0. The predicted octanol–water partition coefficient (Wildman–Crippen LogP) is 2.90. The molecule has 0 N–H and O–H groups in total. The molecule has 0 bridgehead atoms. The van der Waals surface area contributed by atoms with E-state index < -0.39 is 5.97 Å². The van der Waals surface area contributed by atoms with Gasteiger partial charge in [0.1, 0.15) is 5.69 Å². The highest BCUT2D eigenvalue weighted by Gasteiger charge is 2.30. The van der Waals surface area contributed by atoms with E-state index in [1.165, 1.54) is 7.11 Å². The summed E-state index contributed by atoms with van der Waals surface area (Å²) in [6.07, 6.45) is 2.17. The Bertz CT molecular complexity index is 966. The first-order valence-electron chi connectivity index (χ1n) is 7.90. The minimum absolute atomic E-state index is 0.373. The minimum Gasteiger partial charge on any atom is -0.465 e. The van der Waals surface area contributed by atoms with Gasteiger partial charge in [-0.15, -0.1) is 0 Å². The summed E-state index contributed by atoms with van der Waals surface area (Å²) in [5.41, 5.74) is 4.91. The lowest BCUT2D eigenvalue weighted by Gasteiger charge is -2.05. The predicted molar refractivity (Wildman–Crippen MR) is 86.8 cm³/mol. The monoisotopic (exact) mass is 326 g/mol. The molecule has 0 radical (unpaired) electrons. The van der Waals surface area contributed by atoms with Gasteiger partial charge < -0.3 is 9.26 Å². The number of aryl methyl sites for hydroxylation is 2. The van der Waals surface area contributed by atoms with Crippen LogP contribution in [-0.2, 0) is 11.8 Å². The van der Waals surface area contributed by atoms with Gasteiger partial charge in [0.15, 0.2) is 0 Å². The van der Waals surface area contributed by atoms with Crippen LogP contribution in [0.25, 0.3) is 22.4 Å². The van der Waals surface area contributed by atoms with E-state index in [1.807, 2.05) is 27.0 Å². The lowest BCUT2D eigenvalue weighted by atomic mass is 10.0. The van der Waals surface area contributed by atoms with E-state index in [2.05, 4.69) is 15.2 Å². The third kappa shape index (κ3) is 2.11. The highest BCUT2D eigenvalue weighted by Crippen LogP contribution is 2.42. The van der Waals surface area contributed by atoms with Gasteiger partial charge in [-0.1, -0.05) is 5.16 Å². The Morgan fingerprint density at radius 1 is 1.38 bits per heavy atom. The molecule has 1 saturated carbocycles. The van der Waals surface area contributed by atoms with E-state index in [9.17, 15) is 4.79 Å². The fourth-order valence-corrected chi connectivity index (χ4v) is 3.12. The van der Waals surface area contributed by atoms with Gasteiger partial charge in [-0.2, -0.15) is 5.10 Å². The van der Waals surface area contributed by atoms with Crippen LogP contribution in [0.5, 0.6) is 0 Å². The first-order valence-corrected chi connectivity index (χ1v) is 7.90. The molecule has 0 unspecified atom stereocenters. The molecule has 0 aliphatic heterocycles. The summed E-state index contributed by atoms with van der Waals surface area (Å²) in [6.45, 7) is 3.87. The number of pyridine rings is 1. The van der Waals surface area contributed by atoms with Gasteiger partial charge in [0.2, 0.25) is 0 Å². The number of methoxy groups -OCH3 is 1. The van der Waals surface area contributed by atoms with Gasteiger partial charge in [0.05, 0.1) is 23.8 Å². The van der Waals surface area contributed by atoms with Gasteiger partial charge in [-0.25, -0.2) is 9.78 Å². The molecule has 3 heterocycles. The number of ether oxygens (including phenoxy) is 1. The molecule has 1 aliphatic rings. The van der Waals surface area contributed by atoms with E-state index in [-0.39, 0.29) is 0 Å². The molecule has 4 rings (SSSR count). The summed E-state index contributed by atoms with van der Waals surface area (Å²) in [5, 5.41) is 9.21. The molecule has 124 valence electrons.